The molecule has 100 valence electrons. The minimum Gasteiger partial charge on any atom is -0.361 e. The standard InChI is InChI=1S/C15H19N3O/c1-18(11-6-7-11)15(19)13(16)8-10-9-17-14-5-3-2-4-12(10)14/h2-5,9,11,13,17H,6-8,16H2,1H3/t13-/m1/s1. The van der Waals surface area contributed by atoms with E-state index in [1.807, 2.05) is 31.4 Å². The lowest BCUT2D eigenvalue weighted by Gasteiger charge is -2.20. The molecule has 1 aromatic heterocycles. The average Bonchev–Trinajstić information content (AvgIpc) is 3.20. The van der Waals surface area contributed by atoms with Gasteiger partial charge in [0.15, 0.2) is 0 Å². The summed E-state index contributed by atoms with van der Waals surface area (Å²) in [4.78, 5) is 17.2. The van der Waals surface area contributed by atoms with Crippen molar-refractivity contribution in [2.45, 2.75) is 31.3 Å². The summed E-state index contributed by atoms with van der Waals surface area (Å²) in [6, 6.07) is 8.05. The summed E-state index contributed by atoms with van der Waals surface area (Å²) in [5.74, 6) is 0.0489. The molecule has 4 nitrogen and oxygen atoms in total. The van der Waals surface area contributed by atoms with Gasteiger partial charge in [0.25, 0.3) is 0 Å². The van der Waals surface area contributed by atoms with Gasteiger partial charge < -0.3 is 15.6 Å². The van der Waals surface area contributed by atoms with E-state index in [2.05, 4.69) is 11.1 Å². The van der Waals surface area contributed by atoms with Gasteiger partial charge in [0, 0.05) is 30.2 Å². The Balaban J connectivity index is 1.75. The Morgan fingerprint density at radius 1 is 1.47 bits per heavy atom. The van der Waals surface area contributed by atoms with E-state index in [0.29, 0.717) is 12.5 Å². The van der Waals surface area contributed by atoms with Crippen LogP contribution in [0.25, 0.3) is 10.9 Å². The number of carbonyl (C=O) groups excluding carboxylic acids is 1. The SMILES string of the molecule is CN(C(=O)[C@H](N)Cc1c[nH]c2ccccc12)C1CC1. The summed E-state index contributed by atoms with van der Waals surface area (Å²) in [7, 11) is 1.86. The lowest BCUT2D eigenvalue weighted by molar-refractivity contribution is -0.131. The second-order valence-corrected chi connectivity index (χ2v) is 5.35. The van der Waals surface area contributed by atoms with Crippen molar-refractivity contribution in [3.63, 3.8) is 0 Å². The number of hydrogen-bond acceptors (Lipinski definition) is 2. The summed E-state index contributed by atoms with van der Waals surface area (Å²) in [5, 5.41) is 1.15. The number of amides is 1. The Bertz CT molecular complexity index is 600. The highest BCUT2D eigenvalue weighted by Crippen LogP contribution is 2.26. The second kappa shape index (κ2) is 4.70. The van der Waals surface area contributed by atoms with Crippen molar-refractivity contribution in [2.75, 3.05) is 7.05 Å². The molecule has 0 radical (unpaired) electrons. The van der Waals surface area contributed by atoms with Crippen LogP contribution in [0, 0.1) is 0 Å². The monoisotopic (exact) mass is 257 g/mol. The third-order valence-electron chi connectivity index (χ3n) is 3.87. The number of likely N-dealkylation sites (N-methyl/N-ethyl adjacent to an activating group) is 1. The Labute approximate surface area is 112 Å². The summed E-state index contributed by atoms with van der Waals surface area (Å²) >= 11 is 0. The molecule has 4 heteroatoms. The minimum absolute atomic E-state index is 0.0489. The molecule has 2 aromatic rings. The molecule has 0 aliphatic heterocycles. The van der Waals surface area contributed by atoms with Crippen molar-refractivity contribution < 1.29 is 4.79 Å². The van der Waals surface area contributed by atoms with Gasteiger partial charge in [-0.2, -0.15) is 0 Å². The average molecular weight is 257 g/mol. The van der Waals surface area contributed by atoms with Crippen LogP contribution in [-0.2, 0) is 11.2 Å². The van der Waals surface area contributed by atoms with Crippen molar-refractivity contribution in [1.29, 1.82) is 0 Å². The molecule has 3 N–H and O–H groups in total. The van der Waals surface area contributed by atoms with E-state index in [9.17, 15) is 4.79 Å². The molecule has 1 saturated carbocycles. The molecule has 0 spiro atoms. The molecule has 1 aromatic carbocycles. The van der Waals surface area contributed by atoms with E-state index in [-0.39, 0.29) is 5.91 Å². The molecule has 0 bridgehead atoms. The lowest BCUT2D eigenvalue weighted by Crippen LogP contribution is -2.43. The van der Waals surface area contributed by atoms with Crippen LogP contribution < -0.4 is 5.73 Å². The molecule has 1 aliphatic rings. The van der Waals surface area contributed by atoms with Crippen LogP contribution in [0.15, 0.2) is 30.5 Å². The number of nitrogens with zero attached hydrogens (tertiary/aromatic N) is 1. The normalized spacial score (nSPS) is 16.5. The molecule has 0 saturated heterocycles. The van der Waals surface area contributed by atoms with Crippen LogP contribution in [0.4, 0.5) is 0 Å². The molecule has 1 amide bonds. The number of aromatic nitrogens is 1. The molecule has 0 unspecified atom stereocenters. The van der Waals surface area contributed by atoms with E-state index in [1.54, 1.807) is 4.90 Å². The molecule has 3 rings (SSSR count). The Hall–Kier alpha value is -1.81. The number of H-pyrrole nitrogens is 1. The van der Waals surface area contributed by atoms with Crippen molar-refractivity contribution in [2.24, 2.45) is 5.73 Å². The fourth-order valence-electron chi connectivity index (χ4n) is 2.53. The van der Waals surface area contributed by atoms with Crippen LogP contribution in [0.3, 0.4) is 0 Å². The minimum atomic E-state index is -0.454. The molecule has 1 aliphatic carbocycles. The first kappa shape index (κ1) is 12.2. The van der Waals surface area contributed by atoms with Crippen LogP contribution in [-0.4, -0.2) is 34.9 Å². The zero-order valence-electron chi connectivity index (χ0n) is 11.1. The third-order valence-corrected chi connectivity index (χ3v) is 3.87. The predicted molar refractivity (Wildman–Crippen MR) is 75.8 cm³/mol. The van der Waals surface area contributed by atoms with Crippen molar-refractivity contribution in [3.8, 4) is 0 Å². The van der Waals surface area contributed by atoms with Gasteiger partial charge in [-0.15, -0.1) is 0 Å². The smallest absolute Gasteiger partial charge is 0.239 e. The van der Waals surface area contributed by atoms with E-state index in [1.165, 1.54) is 0 Å². The number of para-hydroxylation sites is 1. The number of benzene rings is 1. The predicted octanol–water partition coefficient (Wildman–Crippen LogP) is 1.66. The number of fused-ring (bicyclic) bond motifs is 1. The quantitative estimate of drug-likeness (QED) is 0.875. The number of rotatable bonds is 4. The van der Waals surface area contributed by atoms with E-state index >= 15 is 0 Å². The van der Waals surface area contributed by atoms with E-state index < -0.39 is 6.04 Å². The van der Waals surface area contributed by atoms with Crippen molar-refractivity contribution >= 4 is 16.8 Å². The first-order valence-corrected chi connectivity index (χ1v) is 6.74. The van der Waals surface area contributed by atoms with Gasteiger partial charge in [-0.1, -0.05) is 18.2 Å². The molecular weight excluding hydrogens is 238 g/mol. The maximum atomic E-state index is 12.2. The van der Waals surface area contributed by atoms with Gasteiger partial charge in [0.05, 0.1) is 6.04 Å². The van der Waals surface area contributed by atoms with Gasteiger partial charge >= 0.3 is 0 Å². The largest absolute Gasteiger partial charge is 0.361 e. The maximum absolute atomic E-state index is 12.2. The van der Waals surface area contributed by atoms with Crippen molar-refractivity contribution in [3.05, 3.63) is 36.0 Å². The van der Waals surface area contributed by atoms with E-state index in [4.69, 9.17) is 5.73 Å². The molecule has 19 heavy (non-hydrogen) atoms. The fraction of sp³-hybridized carbons (Fsp3) is 0.400. The summed E-state index contributed by atoms with van der Waals surface area (Å²) in [6.45, 7) is 0. The Kier molecular flexibility index (Phi) is 3.03. The zero-order chi connectivity index (χ0) is 13.4. The second-order valence-electron chi connectivity index (χ2n) is 5.35. The molecule has 1 heterocycles. The van der Waals surface area contributed by atoms with Crippen LogP contribution >= 0.6 is 0 Å². The fourth-order valence-corrected chi connectivity index (χ4v) is 2.53. The first-order chi connectivity index (χ1) is 9.16. The summed E-state index contributed by atoms with van der Waals surface area (Å²) in [6.07, 6.45) is 4.76. The number of nitrogens with two attached hydrogens (primary N) is 1. The van der Waals surface area contributed by atoms with E-state index in [0.717, 1.165) is 29.3 Å². The molecular formula is C15H19N3O. The van der Waals surface area contributed by atoms with Gasteiger partial charge in [-0.3, -0.25) is 4.79 Å². The number of nitrogens with one attached hydrogen (secondary N) is 1. The van der Waals surface area contributed by atoms with Crippen molar-refractivity contribution in [1.82, 2.24) is 9.88 Å². The van der Waals surface area contributed by atoms with Gasteiger partial charge in [0.1, 0.15) is 0 Å². The molecule has 1 fully saturated rings. The Morgan fingerprint density at radius 3 is 2.95 bits per heavy atom. The highest BCUT2D eigenvalue weighted by molar-refractivity contribution is 5.86. The first-order valence-electron chi connectivity index (χ1n) is 6.74. The number of carbonyl (C=O) groups is 1. The van der Waals surface area contributed by atoms with Gasteiger partial charge in [0.2, 0.25) is 5.91 Å². The highest BCUT2D eigenvalue weighted by Gasteiger charge is 2.32. The number of aromatic amines is 1. The van der Waals surface area contributed by atoms with Crippen LogP contribution in [0.2, 0.25) is 0 Å². The third kappa shape index (κ3) is 2.36. The summed E-state index contributed by atoms with van der Waals surface area (Å²) in [5.41, 5.74) is 8.26. The zero-order valence-corrected chi connectivity index (χ0v) is 11.1. The topological polar surface area (TPSA) is 62.1 Å². The number of hydrogen-bond donors (Lipinski definition) is 2. The molecule has 1 atom stereocenters. The van der Waals surface area contributed by atoms with Crippen LogP contribution in [0.5, 0.6) is 0 Å². The Morgan fingerprint density at radius 2 is 2.21 bits per heavy atom. The maximum Gasteiger partial charge on any atom is 0.239 e. The summed E-state index contributed by atoms with van der Waals surface area (Å²) < 4.78 is 0. The van der Waals surface area contributed by atoms with Gasteiger partial charge in [-0.05, 0) is 30.9 Å². The lowest BCUT2D eigenvalue weighted by atomic mass is 10.0. The van der Waals surface area contributed by atoms with Gasteiger partial charge in [-0.25, -0.2) is 0 Å². The highest BCUT2D eigenvalue weighted by atomic mass is 16.2. The van der Waals surface area contributed by atoms with Crippen LogP contribution in [0.1, 0.15) is 18.4 Å².